The minimum atomic E-state index is -4.59. The molecule has 3 N–H and O–H groups in total. The second-order valence-electron chi connectivity index (χ2n) is 7.18. The molecule has 1 heterocycles. The first-order chi connectivity index (χ1) is 14.6. The van der Waals surface area contributed by atoms with Crippen molar-refractivity contribution in [1.29, 1.82) is 0 Å². The highest BCUT2D eigenvalue weighted by molar-refractivity contribution is 6.05. The third-order valence-electron chi connectivity index (χ3n) is 4.38. The van der Waals surface area contributed by atoms with E-state index in [-0.39, 0.29) is 17.7 Å². The maximum Gasteiger partial charge on any atom is 0.416 e. The van der Waals surface area contributed by atoms with Gasteiger partial charge in [0.1, 0.15) is 0 Å². The number of pyridine rings is 1. The maximum atomic E-state index is 13.3. The highest BCUT2D eigenvalue weighted by Gasteiger charge is 2.31. The summed E-state index contributed by atoms with van der Waals surface area (Å²) in [5.41, 5.74) is 1.77. The van der Waals surface area contributed by atoms with Crippen LogP contribution in [0.25, 0.3) is 10.9 Å². The first kappa shape index (κ1) is 22.2. The second-order valence-corrected chi connectivity index (χ2v) is 7.18. The third kappa shape index (κ3) is 5.36. The topological polar surface area (TPSA) is 94.6 Å². The molecule has 0 spiro atoms. The number of amides is 2. The van der Waals surface area contributed by atoms with Crippen LogP contribution in [0.4, 0.5) is 18.9 Å². The quantitative estimate of drug-likeness (QED) is 0.422. The van der Waals surface area contributed by atoms with Crippen molar-refractivity contribution >= 4 is 28.4 Å². The van der Waals surface area contributed by atoms with Crippen molar-refractivity contribution in [3.8, 4) is 0 Å². The van der Waals surface area contributed by atoms with Crippen molar-refractivity contribution < 1.29 is 28.0 Å². The van der Waals surface area contributed by atoms with Crippen LogP contribution in [-0.2, 0) is 12.7 Å². The zero-order valence-corrected chi connectivity index (χ0v) is 16.6. The number of benzene rings is 2. The standard InChI is InChI=1S/C21H19F3N4O3/c1-28(2)11-12-5-14(8-16(6-12)21(22,23)24)19(29)26-17-3-4-18-13(9-17)7-15(10-25-18)20(30)27-31/h3-10,31H,11H2,1-2H3,(H,26,29)(H,27,30). The molecule has 2 aromatic carbocycles. The summed E-state index contributed by atoms with van der Waals surface area (Å²) in [6, 6.07) is 9.37. The number of nitrogens with zero attached hydrogens (tertiary/aromatic N) is 2. The van der Waals surface area contributed by atoms with Crippen molar-refractivity contribution in [1.82, 2.24) is 15.4 Å². The average molecular weight is 432 g/mol. The van der Waals surface area contributed by atoms with Crippen LogP contribution in [-0.4, -0.2) is 41.0 Å². The van der Waals surface area contributed by atoms with Gasteiger partial charge in [0.05, 0.1) is 16.6 Å². The molecule has 0 saturated heterocycles. The molecule has 3 rings (SSSR count). The number of nitrogens with one attached hydrogen (secondary N) is 2. The Morgan fingerprint density at radius 3 is 2.42 bits per heavy atom. The van der Waals surface area contributed by atoms with Crippen LogP contribution in [0.3, 0.4) is 0 Å². The Kier molecular flexibility index (Phi) is 6.23. The first-order valence-corrected chi connectivity index (χ1v) is 9.08. The van der Waals surface area contributed by atoms with Gasteiger partial charge < -0.3 is 10.2 Å². The molecule has 10 heteroatoms. The lowest BCUT2D eigenvalue weighted by Gasteiger charge is -2.15. The summed E-state index contributed by atoms with van der Waals surface area (Å²) in [6.45, 7) is 0.238. The Bertz CT molecular complexity index is 1150. The van der Waals surface area contributed by atoms with E-state index in [0.29, 0.717) is 22.2 Å². The summed E-state index contributed by atoms with van der Waals surface area (Å²) in [7, 11) is 3.43. The van der Waals surface area contributed by atoms with E-state index >= 15 is 0 Å². The Balaban J connectivity index is 1.92. The fourth-order valence-corrected chi connectivity index (χ4v) is 3.04. The second kappa shape index (κ2) is 8.70. The lowest BCUT2D eigenvalue weighted by Crippen LogP contribution is -2.18. The highest BCUT2D eigenvalue weighted by atomic mass is 19.4. The summed E-state index contributed by atoms with van der Waals surface area (Å²) in [4.78, 5) is 30.0. The van der Waals surface area contributed by atoms with Gasteiger partial charge in [-0.05, 0) is 62.1 Å². The number of carbonyl (C=O) groups excluding carboxylic acids is 2. The molecule has 3 aromatic rings. The summed E-state index contributed by atoms with van der Waals surface area (Å²) >= 11 is 0. The van der Waals surface area contributed by atoms with Crippen LogP contribution in [0.5, 0.6) is 0 Å². The molecule has 0 aliphatic rings. The normalized spacial score (nSPS) is 11.6. The highest BCUT2D eigenvalue weighted by Crippen LogP contribution is 2.31. The van der Waals surface area contributed by atoms with Gasteiger partial charge in [-0.3, -0.25) is 19.8 Å². The van der Waals surface area contributed by atoms with E-state index in [0.717, 1.165) is 12.1 Å². The van der Waals surface area contributed by atoms with Crippen molar-refractivity contribution in [2.45, 2.75) is 12.7 Å². The van der Waals surface area contributed by atoms with Crippen molar-refractivity contribution in [3.05, 3.63) is 70.9 Å². The Hall–Kier alpha value is -3.50. The summed E-state index contributed by atoms with van der Waals surface area (Å²) in [6.07, 6.45) is -3.31. The van der Waals surface area contributed by atoms with Crippen LogP contribution in [0.1, 0.15) is 31.8 Å². The molecule has 1 aromatic heterocycles. The monoisotopic (exact) mass is 432 g/mol. The number of halogens is 3. The fraction of sp³-hybridized carbons (Fsp3) is 0.190. The van der Waals surface area contributed by atoms with E-state index in [1.165, 1.54) is 29.9 Å². The predicted molar refractivity (Wildman–Crippen MR) is 108 cm³/mol. The van der Waals surface area contributed by atoms with Gasteiger partial charge in [0.25, 0.3) is 11.8 Å². The Morgan fingerprint density at radius 1 is 1.03 bits per heavy atom. The summed E-state index contributed by atoms with van der Waals surface area (Å²) in [5.74, 6) is -1.45. The molecule has 0 fully saturated rings. The predicted octanol–water partition coefficient (Wildman–Crippen LogP) is 3.69. The number of hydrogen-bond acceptors (Lipinski definition) is 5. The zero-order valence-electron chi connectivity index (χ0n) is 16.6. The van der Waals surface area contributed by atoms with E-state index in [2.05, 4.69) is 10.3 Å². The number of fused-ring (bicyclic) bond motifs is 1. The van der Waals surface area contributed by atoms with Crippen LogP contribution in [0, 0.1) is 0 Å². The minimum Gasteiger partial charge on any atom is -0.322 e. The van der Waals surface area contributed by atoms with E-state index < -0.39 is 23.6 Å². The lowest BCUT2D eigenvalue weighted by molar-refractivity contribution is -0.137. The van der Waals surface area contributed by atoms with Gasteiger partial charge in [-0.1, -0.05) is 0 Å². The van der Waals surface area contributed by atoms with Crippen molar-refractivity contribution in [2.75, 3.05) is 19.4 Å². The first-order valence-electron chi connectivity index (χ1n) is 9.08. The summed E-state index contributed by atoms with van der Waals surface area (Å²) < 4.78 is 39.8. The Labute approximate surface area is 175 Å². The van der Waals surface area contributed by atoms with E-state index in [1.807, 2.05) is 0 Å². The van der Waals surface area contributed by atoms with Gasteiger partial charge >= 0.3 is 6.18 Å². The molecule has 162 valence electrons. The molecule has 0 aliphatic carbocycles. The van der Waals surface area contributed by atoms with Crippen LogP contribution in [0.15, 0.2) is 48.7 Å². The van der Waals surface area contributed by atoms with Gasteiger partial charge in [0, 0.05) is 29.4 Å². The Morgan fingerprint density at radius 2 is 1.77 bits per heavy atom. The third-order valence-corrected chi connectivity index (χ3v) is 4.38. The number of hydrogen-bond donors (Lipinski definition) is 3. The molecule has 0 atom stereocenters. The largest absolute Gasteiger partial charge is 0.416 e. The van der Waals surface area contributed by atoms with Gasteiger partial charge in [0.15, 0.2) is 0 Å². The molecule has 2 amide bonds. The molecular formula is C21H19F3N4O3. The van der Waals surface area contributed by atoms with Gasteiger partial charge in [-0.2, -0.15) is 13.2 Å². The van der Waals surface area contributed by atoms with Gasteiger partial charge in [-0.25, -0.2) is 5.48 Å². The van der Waals surface area contributed by atoms with Gasteiger partial charge in [0.2, 0.25) is 0 Å². The number of carbonyl (C=O) groups is 2. The van der Waals surface area contributed by atoms with Crippen molar-refractivity contribution in [3.63, 3.8) is 0 Å². The summed E-state index contributed by atoms with van der Waals surface area (Å²) in [5, 5.41) is 11.8. The van der Waals surface area contributed by atoms with Crippen LogP contribution < -0.4 is 10.8 Å². The molecule has 0 bridgehead atoms. The molecule has 31 heavy (non-hydrogen) atoms. The fourth-order valence-electron chi connectivity index (χ4n) is 3.04. The molecule has 0 unspecified atom stereocenters. The zero-order chi connectivity index (χ0) is 22.8. The van der Waals surface area contributed by atoms with Crippen molar-refractivity contribution in [2.24, 2.45) is 0 Å². The molecule has 0 radical (unpaired) electrons. The number of rotatable bonds is 5. The number of anilines is 1. The van der Waals surface area contributed by atoms with Crippen LogP contribution in [0.2, 0.25) is 0 Å². The number of aromatic nitrogens is 1. The van der Waals surface area contributed by atoms with E-state index in [4.69, 9.17) is 5.21 Å². The smallest absolute Gasteiger partial charge is 0.322 e. The van der Waals surface area contributed by atoms with E-state index in [1.54, 1.807) is 31.1 Å². The van der Waals surface area contributed by atoms with Crippen LogP contribution >= 0.6 is 0 Å². The number of alkyl halides is 3. The molecule has 0 saturated carbocycles. The van der Waals surface area contributed by atoms with E-state index in [9.17, 15) is 22.8 Å². The maximum absolute atomic E-state index is 13.3. The average Bonchev–Trinajstić information content (AvgIpc) is 2.71. The number of hydroxylamine groups is 1. The molecule has 0 aliphatic heterocycles. The molecule has 7 nitrogen and oxygen atoms in total. The SMILES string of the molecule is CN(C)Cc1cc(C(=O)Nc2ccc3ncc(C(=O)NO)cc3c2)cc(C(F)(F)F)c1. The molecular weight excluding hydrogens is 413 g/mol. The lowest BCUT2D eigenvalue weighted by atomic mass is 10.0. The van der Waals surface area contributed by atoms with Gasteiger partial charge in [-0.15, -0.1) is 0 Å². The minimum absolute atomic E-state index is 0.102.